The Morgan fingerprint density at radius 1 is 1.42 bits per heavy atom. The predicted molar refractivity (Wildman–Crippen MR) is 77.0 cm³/mol. The van der Waals surface area contributed by atoms with Crippen LogP contribution in [0.15, 0.2) is 12.4 Å². The van der Waals surface area contributed by atoms with Crippen molar-refractivity contribution >= 4 is 0 Å². The Kier molecular flexibility index (Phi) is 5.40. The maximum Gasteiger partial charge on any atom is 0.110 e. The summed E-state index contributed by atoms with van der Waals surface area (Å²) in [4.78, 5) is 4.42. The van der Waals surface area contributed by atoms with E-state index < -0.39 is 0 Å². The predicted octanol–water partition coefficient (Wildman–Crippen LogP) is 2.37. The monoisotopic (exact) mass is 265 g/mol. The zero-order valence-corrected chi connectivity index (χ0v) is 12.2. The molecular weight excluding hydrogens is 238 g/mol. The summed E-state index contributed by atoms with van der Waals surface area (Å²) in [7, 11) is 1.80. The first kappa shape index (κ1) is 14.5. The Bertz CT molecular complexity index is 371. The topological polar surface area (TPSA) is 53.1 Å². The molecule has 1 aliphatic carbocycles. The molecule has 1 heterocycles. The molecule has 1 saturated carbocycles. The zero-order chi connectivity index (χ0) is 13.7. The molecule has 0 spiro atoms. The maximum atomic E-state index is 6.40. The normalized spacial score (nSPS) is 20.4. The molecule has 2 N–H and O–H groups in total. The van der Waals surface area contributed by atoms with Gasteiger partial charge >= 0.3 is 0 Å². The average molecular weight is 265 g/mol. The quantitative estimate of drug-likeness (QED) is 0.859. The third-order valence-corrected chi connectivity index (χ3v) is 4.37. The molecule has 0 saturated heterocycles. The van der Waals surface area contributed by atoms with Crippen LogP contribution >= 0.6 is 0 Å². The largest absolute Gasteiger partial charge is 0.380 e. The molecule has 4 heteroatoms. The molecule has 0 aromatic carbocycles. The summed E-state index contributed by atoms with van der Waals surface area (Å²) in [6.07, 6.45) is 11.4. The lowest BCUT2D eigenvalue weighted by molar-refractivity contribution is 0.0173. The van der Waals surface area contributed by atoms with E-state index in [2.05, 4.69) is 16.5 Å². The van der Waals surface area contributed by atoms with E-state index in [1.54, 1.807) is 7.11 Å². The second kappa shape index (κ2) is 7.06. The highest BCUT2D eigenvalue weighted by atomic mass is 16.5. The smallest absolute Gasteiger partial charge is 0.110 e. The van der Waals surface area contributed by atoms with Gasteiger partial charge in [0, 0.05) is 38.5 Å². The Hall–Kier alpha value is -0.870. The van der Waals surface area contributed by atoms with E-state index in [9.17, 15) is 0 Å². The minimum atomic E-state index is 0.0424. The molecule has 0 bridgehead atoms. The highest BCUT2D eigenvalue weighted by Crippen LogP contribution is 2.29. The number of hydrogen-bond acceptors (Lipinski definition) is 3. The maximum absolute atomic E-state index is 6.40. The van der Waals surface area contributed by atoms with Gasteiger partial charge in [0.05, 0.1) is 6.10 Å². The van der Waals surface area contributed by atoms with Gasteiger partial charge in [-0.2, -0.15) is 0 Å². The van der Waals surface area contributed by atoms with Gasteiger partial charge in [-0.25, -0.2) is 4.98 Å². The van der Waals surface area contributed by atoms with E-state index in [1.807, 2.05) is 12.4 Å². The fraction of sp³-hybridized carbons (Fsp3) is 0.800. The zero-order valence-electron chi connectivity index (χ0n) is 12.2. The van der Waals surface area contributed by atoms with E-state index in [1.165, 1.54) is 32.1 Å². The summed E-state index contributed by atoms with van der Waals surface area (Å²) in [5.74, 6) is 1.70. The lowest BCUT2D eigenvalue weighted by atomic mass is 9.82. The van der Waals surface area contributed by atoms with Gasteiger partial charge in [-0.3, -0.25) is 0 Å². The van der Waals surface area contributed by atoms with Gasteiger partial charge < -0.3 is 15.0 Å². The highest BCUT2D eigenvalue weighted by Gasteiger charge is 2.29. The van der Waals surface area contributed by atoms with Crippen molar-refractivity contribution in [3.8, 4) is 0 Å². The van der Waals surface area contributed by atoms with E-state index in [0.717, 1.165) is 18.8 Å². The van der Waals surface area contributed by atoms with Crippen molar-refractivity contribution in [1.29, 1.82) is 0 Å². The standard InChI is InChI=1S/C15H27N3O/c1-3-18-10-9-17-14(18)11-13(16)15(19-2)12-7-5-4-6-8-12/h9-10,12-13,15H,3-8,11,16H2,1-2H3. The van der Waals surface area contributed by atoms with Crippen LogP contribution in [0.4, 0.5) is 0 Å². The molecule has 2 unspecified atom stereocenters. The summed E-state index contributed by atoms with van der Waals surface area (Å²) in [5, 5.41) is 0. The Labute approximate surface area is 116 Å². The van der Waals surface area contributed by atoms with Gasteiger partial charge in [0.2, 0.25) is 0 Å². The van der Waals surface area contributed by atoms with Crippen molar-refractivity contribution < 1.29 is 4.74 Å². The first-order valence-electron chi connectivity index (χ1n) is 7.54. The average Bonchev–Trinajstić information content (AvgIpc) is 2.88. The number of ether oxygens (including phenoxy) is 1. The third kappa shape index (κ3) is 3.57. The Morgan fingerprint density at radius 3 is 2.79 bits per heavy atom. The summed E-state index contributed by atoms with van der Waals surface area (Å²) in [6.45, 7) is 3.08. The number of imidazole rings is 1. The lowest BCUT2D eigenvalue weighted by Crippen LogP contribution is -2.44. The Morgan fingerprint density at radius 2 is 2.16 bits per heavy atom. The molecule has 1 aromatic rings. The fourth-order valence-electron chi connectivity index (χ4n) is 3.32. The number of aryl methyl sites for hydroxylation is 1. The van der Waals surface area contributed by atoms with Crippen molar-refractivity contribution in [2.75, 3.05) is 7.11 Å². The van der Waals surface area contributed by atoms with Crippen LogP contribution in [0.25, 0.3) is 0 Å². The van der Waals surface area contributed by atoms with Gasteiger partial charge in [0.15, 0.2) is 0 Å². The SMILES string of the molecule is CCn1ccnc1CC(N)C(OC)C1CCCCC1. The van der Waals surface area contributed by atoms with Crippen molar-refractivity contribution in [2.24, 2.45) is 11.7 Å². The first-order chi connectivity index (χ1) is 9.26. The van der Waals surface area contributed by atoms with Crippen LogP contribution in [-0.2, 0) is 17.7 Å². The van der Waals surface area contributed by atoms with E-state index in [4.69, 9.17) is 10.5 Å². The highest BCUT2D eigenvalue weighted by molar-refractivity contribution is 4.97. The van der Waals surface area contributed by atoms with Crippen molar-refractivity contribution in [3.05, 3.63) is 18.2 Å². The Balaban J connectivity index is 1.98. The number of rotatable bonds is 6. The molecule has 1 fully saturated rings. The molecule has 0 aliphatic heterocycles. The molecule has 2 rings (SSSR count). The van der Waals surface area contributed by atoms with Crippen LogP contribution in [0.3, 0.4) is 0 Å². The fourth-order valence-corrected chi connectivity index (χ4v) is 3.32. The van der Waals surface area contributed by atoms with Crippen LogP contribution < -0.4 is 5.73 Å². The summed E-state index contributed by atoms with van der Waals surface area (Å²) < 4.78 is 7.87. The van der Waals surface area contributed by atoms with Crippen molar-refractivity contribution in [1.82, 2.24) is 9.55 Å². The number of nitrogens with two attached hydrogens (primary N) is 1. The minimum Gasteiger partial charge on any atom is -0.380 e. The van der Waals surface area contributed by atoms with Crippen molar-refractivity contribution in [2.45, 2.75) is 64.1 Å². The molecule has 1 aliphatic rings. The number of hydrogen-bond donors (Lipinski definition) is 1. The van der Waals surface area contributed by atoms with Gasteiger partial charge in [0.1, 0.15) is 5.82 Å². The minimum absolute atomic E-state index is 0.0424. The summed E-state index contributed by atoms with van der Waals surface area (Å²) in [6, 6.07) is 0.0424. The molecule has 2 atom stereocenters. The number of aromatic nitrogens is 2. The van der Waals surface area contributed by atoms with E-state index in [-0.39, 0.29) is 12.1 Å². The van der Waals surface area contributed by atoms with Gasteiger partial charge in [0.25, 0.3) is 0 Å². The van der Waals surface area contributed by atoms with E-state index in [0.29, 0.717) is 5.92 Å². The van der Waals surface area contributed by atoms with Crippen LogP contribution in [0.2, 0.25) is 0 Å². The molecular formula is C15H27N3O. The van der Waals surface area contributed by atoms with Crippen molar-refractivity contribution in [3.63, 3.8) is 0 Å². The lowest BCUT2D eigenvalue weighted by Gasteiger charge is -2.33. The van der Waals surface area contributed by atoms with Crippen LogP contribution in [0.1, 0.15) is 44.9 Å². The second-order valence-electron chi connectivity index (χ2n) is 5.60. The third-order valence-electron chi connectivity index (χ3n) is 4.37. The van der Waals surface area contributed by atoms with Gasteiger partial charge in [-0.1, -0.05) is 19.3 Å². The van der Waals surface area contributed by atoms with Crippen LogP contribution in [0, 0.1) is 5.92 Å². The molecule has 108 valence electrons. The molecule has 1 aromatic heterocycles. The summed E-state index contributed by atoms with van der Waals surface area (Å²) in [5.41, 5.74) is 6.40. The summed E-state index contributed by atoms with van der Waals surface area (Å²) >= 11 is 0. The molecule has 4 nitrogen and oxygen atoms in total. The first-order valence-corrected chi connectivity index (χ1v) is 7.54. The van der Waals surface area contributed by atoms with Gasteiger partial charge in [-0.05, 0) is 25.7 Å². The van der Waals surface area contributed by atoms with Gasteiger partial charge in [-0.15, -0.1) is 0 Å². The molecule has 0 radical (unpaired) electrons. The molecule has 19 heavy (non-hydrogen) atoms. The number of methoxy groups -OCH3 is 1. The number of nitrogens with zero attached hydrogens (tertiary/aromatic N) is 2. The second-order valence-corrected chi connectivity index (χ2v) is 5.60. The molecule has 0 amide bonds. The van der Waals surface area contributed by atoms with Crippen LogP contribution in [0.5, 0.6) is 0 Å². The van der Waals surface area contributed by atoms with Crippen LogP contribution in [-0.4, -0.2) is 28.8 Å². The van der Waals surface area contributed by atoms with E-state index >= 15 is 0 Å².